The molecule has 2 saturated heterocycles. The molecule has 4 rings (SSSR count). The van der Waals surface area contributed by atoms with E-state index in [2.05, 4.69) is 70.9 Å². The fourth-order valence-corrected chi connectivity index (χ4v) is 4.50. The van der Waals surface area contributed by atoms with Crippen LogP contribution in [0.3, 0.4) is 0 Å². The molecule has 2 aliphatic rings. The first-order valence-corrected chi connectivity index (χ1v) is 9.99. The van der Waals surface area contributed by atoms with Crippen molar-refractivity contribution in [1.82, 2.24) is 10.2 Å². The predicted molar refractivity (Wildman–Crippen MR) is 107 cm³/mol. The topological polar surface area (TPSA) is 41.6 Å². The number of amides is 1. The van der Waals surface area contributed by atoms with E-state index in [0.29, 0.717) is 13.0 Å². The van der Waals surface area contributed by atoms with E-state index in [4.69, 9.17) is 4.74 Å². The summed E-state index contributed by atoms with van der Waals surface area (Å²) in [5.41, 5.74) is 2.45. The van der Waals surface area contributed by atoms with Gasteiger partial charge in [-0.05, 0) is 24.0 Å². The van der Waals surface area contributed by atoms with E-state index in [1.165, 1.54) is 11.1 Å². The standard InChI is InChI=1S/C23H28N2O2/c26-22(16-21-17-24-13-15-27-21)25-14-7-12-23(18-25,19-8-3-1-4-9-19)20-10-5-2-6-11-20/h1-6,8-11,21,24H,7,12-18H2/t21-/m1/s1. The van der Waals surface area contributed by atoms with E-state index < -0.39 is 0 Å². The van der Waals surface area contributed by atoms with Crippen LogP contribution in [-0.4, -0.2) is 49.7 Å². The second kappa shape index (κ2) is 8.24. The van der Waals surface area contributed by atoms with E-state index >= 15 is 0 Å². The number of likely N-dealkylation sites (tertiary alicyclic amines) is 1. The van der Waals surface area contributed by atoms with Gasteiger partial charge in [-0.15, -0.1) is 0 Å². The molecular weight excluding hydrogens is 336 g/mol. The normalized spacial score (nSPS) is 22.4. The van der Waals surface area contributed by atoms with Gasteiger partial charge in [0.1, 0.15) is 0 Å². The number of ether oxygens (including phenoxy) is 1. The van der Waals surface area contributed by atoms with Gasteiger partial charge in [-0.1, -0.05) is 60.7 Å². The van der Waals surface area contributed by atoms with Gasteiger partial charge in [0.25, 0.3) is 0 Å². The maximum absolute atomic E-state index is 13.0. The van der Waals surface area contributed by atoms with Crippen LogP contribution < -0.4 is 5.32 Å². The SMILES string of the molecule is O=C(C[C@@H]1CNCCO1)N1CCCC(c2ccccc2)(c2ccccc2)C1. The molecule has 27 heavy (non-hydrogen) atoms. The van der Waals surface area contributed by atoms with Gasteiger partial charge in [0.2, 0.25) is 5.91 Å². The second-order valence-electron chi connectivity index (χ2n) is 7.63. The summed E-state index contributed by atoms with van der Waals surface area (Å²) in [6.45, 7) is 3.90. The van der Waals surface area contributed by atoms with Gasteiger partial charge in [0.05, 0.1) is 19.1 Å². The molecule has 0 spiro atoms. The number of morpholine rings is 1. The van der Waals surface area contributed by atoms with Crippen molar-refractivity contribution in [1.29, 1.82) is 0 Å². The van der Waals surface area contributed by atoms with E-state index in [0.717, 1.165) is 39.0 Å². The molecule has 1 amide bonds. The minimum atomic E-state index is -0.137. The number of hydrogen-bond acceptors (Lipinski definition) is 3. The fraction of sp³-hybridized carbons (Fsp3) is 0.435. The van der Waals surface area contributed by atoms with Crippen molar-refractivity contribution < 1.29 is 9.53 Å². The zero-order valence-electron chi connectivity index (χ0n) is 15.8. The van der Waals surface area contributed by atoms with E-state index in [1.54, 1.807) is 0 Å². The summed E-state index contributed by atoms with van der Waals surface area (Å²) in [5, 5.41) is 3.32. The predicted octanol–water partition coefficient (Wildman–Crippen LogP) is 2.97. The lowest BCUT2D eigenvalue weighted by Gasteiger charge is -2.44. The van der Waals surface area contributed by atoms with Crippen LogP contribution in [0.25, 0.3) is 0 Å². The first-order chi connectivity index (χ1) is 13.3. The Bertz CT molecular complexity index is 702. The minimum absolute atomic E-state index is 0.00368. The van der Waals surface area contributed by atoms with Crippen molar-refractivity contribution in [3.8, 4) is 0 Å². The van der Waals surface area contributed by atoms with Gasteiger partial charge >= 0.3 is 0 Å². The van der Waals surface area contributed by atoms with Gasteiger partial charge in [-0.25, -0.2) is 0 Å². The van der Waals surface area contributed by atoms with Gasteiger partial charge in [-0.2, -0.15) is 0 Å². The van der Waals surface area contributed by atoms with Crippen LogP contribution in [0, 0.1) is 0 Å². The first kappa shape index (κ1) is 18.2. The van der Waals surface area contributed by atoms with Crippen molar-refractivity contribution in [3.63, 3.8) is 0 Å². The summed E-state index contributed by atoms with van der Waals surface area (Å²) in [6, 6.07) is 21.3. The number of nitrogens with one attached hydrogen (secondary N) is 1. The van der Waals surface area contributed by atoms with Crippen molar-refractivity contribution in [2.24, 2.45) is 0 Å². The fourth-order valence-electron chi connectivity index (χ4n) is 4.50. The summed E-state index contributed by atoms with van der Waals surface area (Å²) < 4.78 is 5.75. The first-order valence-electron chi connectivity index (χ1n) is 9.99. The maximum Gasteiger partial charge on any atom is 0.225 e. The van der Waals surface area contributed by atoms with E-state index in [-0.39, 0.29) is 17.4 Å². The molecular formula is C23H28N2O2. The molecule has 2 aromatic rings. The quantitative estimate of drug-likeness (QED) is 0.907. The molecule has 2 aromatic carbocycles. The van der Waals surface area contributed by atoms with Gasteiger partial charge in [0, 0.05) is 31.6 Å². The highest BCUT2D eigenvalue weighted by Gasteiger charge is 2.40. The summed E-state index contributed by atoms with van der Waals surface area (Å²) in [7, 11) is 0. The Morgan fingerprint density at radius 2 is 1.74 bits per heavy atom. The number of carbonyl (C=O) groups is 1. The van der Waals surface area contributed by atoms with Gasteiger partial charge in [0.15, 0.2) is 0 Å². The second-order valence-corrected chi connectivity index (χ2v) is 7.63. The Kier molecular flexibility index (Phi) is 5.55. The zero-order valence-corrected chi connectivity index (χ0v) is 15.8. The van der Waals surface area contributed by atoms with Gasteiger partial charge < -0.3 is 15.0 Å². The van der Waals surface area contributed by atoms with E-state index in [9.17, 15) is 4.79 Å². The van der Waals surface area contributed by atoms with Crippen LogP contribution in [0.15, 0.2) is 60.7 Å². The molecule has 2 aliphatic heterocycles. The molecule has 0 unspecified atom stereocenters. The third-order valence-corrected chi connectivity index (χ3v) is 5.90. The number of piperidine rings is 1. The number of hydrogen-bond donors (Lipinski definition) is 1. The molecule has 2 heterocycles. The smallest absolute Gasteiger partial charge is 0.225 e. The van der Waals surface area contributed by atoms with Crippen molar-refractivity contribution in [2.75, 3.05) is 32.8 Å². The van der Waals surface area contributed by atoms with Crippen molar-refractivity contribution in [3.05, 3.63) is 71.8 Å². The van der Waals surface area contributed by atoms with Crippen LogP contribution in [0.1, 0.15) is 30.4 Å². The molecule has 1 N–H and O–H groups in total. The third kappa shape index (κ3) is 3.92. The summed E-state index contributed by atoms with van der Waals surface area (Å²) in [4.78, 5) is 15.1. The van der Waals surface area contributed by atoms with Crippen LogP contribution in [0.5, 0.6) is 0 Å². The summed E-state index contributed by atoms with van der Waals surface area (Å²) >= 11 is 0. The molecule has 142 valence electrons. The average molecular weight is 364 g/mol. The summed E-state index contributed by atoms with van der Waals surface area (Å²) in [5.74, 6) is 0.208. The maximum atomic E-state index is 13.0. The largest absolute Gasteiger partial charge is 0.375 e. The summed E-state index contributed by atoms with van der Waals surface area (Å²) in [6.07, 6.45) is 2.54. The Morgan fingerprint density at radius 1 is 1.07 bits per heavy atom. The van der Waals surface area contributed by atoms with Crippen LogP contribution in [0.4, 0.5) is 0 Å². The highest BCUT2D eigenvalue weighted by Crippen LogP contribution is 2.40. The zero-order chi connectivity index (χ0) is 18.5. The number of rotatable bonds is 4. The molecule has 0 bridgehead atoms. The number of carbonyl (C=O) groups excluding carboxylic acids is 1. The molecule has 0 aromatic heterocycles. The lowest BCUT2D eigenvalue weighted by Crippen LogP contribution is -2.50. The number of benzene rings is 2. The van der Waals surface area contributed by atoms with Gasteiger partial charge in [-0.3, -0.25) is 4.79 Å². The number of nitrogens with zero attached hydrogens (tertiary/aromatic N) is 1. The Labute approximate surface area is 161 Å². The molecule has 2 fully saturated rings. The lowest BCUT2D eigenvalue weighted by molar-refractivity contribution is -0.136. The molecule has 4 heteroatoms. The molecule has 0 aliphatic carbocycles. The third-order valence-electron chi connectivity index (χ3n) is 5.90. The van der Waals surface area contributed by atoms with Crippen LogP contribution in [-0.2, 0) is 14.9 Å². The molecule has 1 atom stereocenters. The average Bonchev–Trinajstić information content (AvgIpc) is 2.76. The Hall–Kier alpha value is -2.17. The van der Waals surface area contributed by atoms with E-state index in [1.807, 2.05) is 0 Å². The highest BCUT2D eigenvalue weighted by molar-refractivity contribution is 5.77. The highest BCUT2D eigenvalue weighted by atomic mass is 16.5. The van der Waals surface area contributed by atoms with Crippen LogP contribution in [0.2, 0.25) is 0 Å². The lowest BCUT2D eigenvalue weighted by atomic mass is 9.69. The Balaban J connectivity index is 1.59. The molecule has 0 saturated carbocycles. The van der Waals surface area contributed by atoms with Crippen molar-refractivity contribution in [2.45, 2.75) is 30.8 Å². The minimum Gasteiger partial charge on any atom is -0.375 e. The Morgan fingerprint density at radius 3 is 2.33 bits per heavy atom. The molecule has 0 radical (unpaired) electrons. The van der Waals surface area contributed by atoms with Crippen LogP contribution >= 0.6 is 0 Å². The van der Waals surface area contributed by atoms with Crippen molar-refractivity contribution >= 4 is 5.91 Å². The molecule has 4 nitrogen and oxygen atoms in total. The monoisotopic (exact) mass is 364 g/mol.